The molecule has 1 rings (SSSR count). The SMILES string of the molecule is C=C1CN=C(Cl)O1. The van der Waals surface area contributed by atoms with Crippen LogP contribution in [-0.2, 0) is 4.74 Å². The van der Waals surface area contributed by atoms with Crippen LogP contribution in [0.25, 0.3) is 0 Å². The Bertz CT molecular complexity index is 130. The third-order valence-corrected chi connectivity index (χ3v) is 0.805. The molecule has 0 N–H and O–H groups in total. The standard InChI is InChI=1S/C4H4ClNO/c1-3-2-6-4(5)7-3/h1-2H2. The number of rotatable bonds is 0. The van der Waals surface area contributed by atoms with Crippen molar-refractivity contribution < 1.29 is 4.74 Å². The van der Waals surface area contributed by atoms with Crippen molar-refractivity contribution in [2.45, 2.75) is 0 Å². The Hall–Kier alpha value is -0.500. The fourth-order valence-electron chi connectivity index (χ4n) is 0.334. The fourth-order valence-corrected chi connectivity index (χ4v) is 0.503. The highest BCUT2D eigenvalue weighted by molar-refractivity contribution is 6.63. The van der Waals surface area contributed by atoms with Gasteiger partial charge in [-0.1, -0.05) is 6.58 Å². The van der Waals surface area contributed by atoms with E-state index in [1.54, 1.807) is 0 Å². The molecule has 0 aromatic heterocycles. The Morgan fingerprint density at radius 3 is 2.71 bits per heavy atom. The van der Waals surface area contributed by atoms with Gasteiger partial charge in [0.2, 0.25) is 0 Å². The summed E-state index contributed by atoms with van der Waals surface area (Å²) in [5.41, 5.74) is 0. The van der Waals surface area contributed by atoms with Gasteiger partial charge in [0, 0.05) is 0 Å². The van der Waals surface area contributed by atoms with Crippen LogP contribution >= 0.6 is 11.6 Å². The molecule has 1 aliphatic heterocycles. The van der Waals surface area contributed by atoms with Crippen molar-refractivity contribution in [1.29, 1.82) is 0 Å². The molecular weight excluding hydrogens is 114 g/mol. The van der Waals surface area contributed by atoms with Crippen LogP contribution in [0.3, 0.4) is 0 Å². The third-order valence-electron chi connectivity index (χ3n) is 0.608. The number of nitrogens with zero attached hydrogens (tertiary/aromatic N) is 1. The molecule has 0 bridgehead atoms. The molecule has 0 atom stereocenters. The molecule has 0 unspecified atom stereocenters. The van der Waals surface area contributed by atoms with Gasteiger partial charge in [-0.2, -0.15) is 0 Å². The van der Waals surface area contributed by atoms with Crippen LogP contribution in [0.1, 0.15) is 0 Å². The van der Waals surface area contributed by atoms with Crippen molar-refractivity contribution in [1.82, 2.24) is 0 Å². The first-order valence-corrected chi connectivity index (χ1v) is 2.22. The van der Waals surface area contributed by atoms with Crippen LogP contribution in [0, 0.1) is 0 Å². The predicted molar refractivity (Wildman–Crippen MR) is 28.4 cm³/mol. The summed E-state index contributed by atoms with van der Waals surface area (Å²) >= 11 is 5.27. The lowest BCUT2D eigenvalue weighted by molar-refractivity contribution is 0.451. The second-order valence-corrected chi connectivity index (χ2v) is 1.53. The van der Waals surface area contributed by atoms with Gasteiger partial charge in [0.1, 0.15) is 12.3 Å². The minimum atomic E-state index is 0.199. The Labute approximate surface area is 46.5 Å². The third kappa shape index (κ3) is 0.933. The highest BCUT2D eigenvalue weighted by Gasteiger charge is 2.05. The molecule has 0 aromatic carbocycles. The summed E-state index contributed by atoms with van der Waals surface area (Å²) < 4.78 is 4.68. The van der Waals surface area contributed by atoms with Gasteiger partial charge < -0.3 is 4.74 Å². The summed E-state index contributed by atoms with van der Waals surface area (Å²) in [6, 6.07) is 0. The van der Waals surface area contributed by atoms with Crippen LogP contribution in [0.15, 0.2) is 17.3 Å². The second-order valence-electron chi connectivity index (χ2n) is 1.21. The molecule has 1 aliphatic rings. The highest BCUT2D eigenvalue weighted by Crippen LogP contribution is 2.06. The first-order chi connectivity index (χ1) is 3.29. The maximum atomic E-state index is 5.27. The Balaban J connectivity index is 2.58. The van der Waals surface area contributed by atoms with Gasteiger partial charge in [-0.05, 0) is 11.6 Å². The smallest absolute Gasteiger partial charge is 0.287 e. The molecule has 2 nitrogen and oxygen atoms in total. The van der Waals surface area contributed by atoms with E-state index in [1.807, 2.05) is 0 Å². The van der Waals surface area contributed by atoms with E-state index in [0.29, 0.717) is 12.3 Å². The van der Waals surface area contributed by atoms with Gasteiger partial charge in [-0.25, -0.2) is 4.99 Å². The van der Waals surface area contributed by atoms with E-state index >= 15 is 0 Å². The first kappa shape index (κ1) is 4.65. The van der Waals surface area contributed by atoms with Crippen LogP contribution in [0.5, 0.6) is 0 Å². The van der Waals surface area contributed by atoms with Gasteiger partial charge in [-0.3, -0.25) is 0 Å². The lowest BCUT2D eigenvalue weighted by atomic mass is 10.6. The Kier molecular flexibility index (Phi) is 1.02. The zero-order valence-corrected chi connectivity index (χ0v) is 4.40. The van der Waals surface area contributed by atoms with Crippen LogP contribution in [0.2, 0.25) is 0 Å². The number of hydrogen-bond donors (Lipinski definition) is 0. The summed E-state index contributed by atoms with van der Waals surface area (Å²) in [6.07, 6.45) is 0. The molecule has 38 valence electrons. The minimum Gasteiger partial charge on any atom is -0.433 e. The van der Waals surface area contributed by atoms with Gasteiger partial charge in [-0.15, -0.1) is 0 Å². The van der Waals surface area contributed by atoms with E-state index in [0.717, 1.165) is 0 Å². The van der Waals surface area contributed by atoms with Crippen molar-refractivity contribution in [3.63, 3.8) is 0 Å². The summed E-state index contributed by atoms with van der Waals surface area (Å²) in [7, 11) is 0. The molecule has 0 radical (unpaired) electrons. The fraction of sp³-hybridized carbons (Fsp3) is 0.250. The molecule has 7 heavy (non-hydrogen) atoms. The normalized spacial score (nSPS) is 19.0. The van der Waals surface area contributed by atoms with Crippen molar-refractivity contribution in [3.05, 3.63) is 12.3 Å². The molecular formula is C4H4ClNO. The van der Waals surface area contributed by atoms with Gasteiger partial charge >= 0.3 is 0 Å². The minimum absolute atomic E-state index is 0.199. The number of hydrogen-bond acceptors (Lipinski definition) is 2. The first-order valence-electron chi connectivity index (χ1n) is 1.84. The second kappa shape index (κ2) is 1.54. The summed E-state index contributed by atoms with van der Waals surface area (Å²) in [6.45, 7) is 4.00. The average molecular weight is 118 g/mol. The van der Waals surface area contributed by atoms with Crippen molar-refractivity contribution in [2.24, 2.45) is 4.99 Å². The van der Waals surface area contributed by atoms with E-state index in [4.69, 9.17) is 11.6 Å². The molecule has 0 fully saturated rings. The van der Waals surface area contributed by atoms with E-state index < -0.39 is 0 Å². The van der Waals surface area contributed by atoms with E-state index in [9.17, 15) is 0 Å². The van der Waals surface area contributed by atoms with Gasteiger partial charge in [0.05, 0.1) is 0 Å². The topological polar surface area (TPSA) is 21.6 Å². The number of ether oxygens (including phenoxy) is 1. The molecule has 0 saturated heterocycles. The predicted octanol–water partition coefficient (Wildman–Crippen LogP) is 1.13. The molecule has 1 heterocycles. The number of halogens is 1. The maximum absolute atomic E-state index is 5.27. The van der Waals surface area contributed by atoms with E-state index in [-0.39, 0.29) is 5.36 Å². The Morgan fingerprint density at radius 2 is 2.57 bits per heavy atom. The van der Waals surface area contributed by atoms with Crippen molar-refractivity contribution in [2.75, 3.05) is 6.54 Å². The van der Waals surface area contributed by atoms with Crippen LogP contribution in [-0.4, -0.2) is 11.9 Å². The van der Waals surface area contributed by atoms with E-state index in [1.165, 1.54) is 0 Å². The molecule has 0 aromatic rings. The monoisotopic (exact) mass is 117 g/mol. The van der Waals surface area contributed by atoms with Crippen LogP contribution in [0.4, 0.5) is 0 Å². The van der Waals surface area contributed by atoms with Crippen molar-refractivity contribution in [3.8, 4) is 0 Å². The lowest BCUT2D eigenvalue weighted by Crippen LogP contribution is -1.83. The average Bonchev–Trinajstić information content (AvgIpc) is 1.87. The highest BCUT2D eigenvalue weighted by atomic mass is 35.5. The molecule has 0 amide bonds. The van der Waals surface area contributed by atoms with Gasteiger partial charge in [0.15, 0.2) is 0 Å². The summed E-state index contributed by atoms with van der Waals surface area (Å²) in [4.78, 5) is 3.68. The zero-order chi connectivity index (χ0) is 5.28. The van der Waals surface area contributed by atoms with Crippen molar-refractivity contribution >= 4 is 17.0 Å². The summed E-state index contributed by atoms with van der Waals surface area (Å²) in [5.74, 6) is 0.616. The molecule has 0 aliphatic carbocycles. The summed E-state index contributed by atoms with van der Waals surface area (Å²) in [5, 5.41) is 0.199. The van der Waals surface area contributed by atoms with Crippen LogP contribution < -0.4 is 0 Å². The molecule has 0 spiro atoms. The van der Waals surface area contributed by atoms with Gasteiger partial charge in [0.25, 0.3) is 5.36 Å². The number of aliphatic imine (C=N–C) groups is 1. The molecule has 3 heteroatoms. The lowest BCUT2D eigenvalue weighted by Gasteiger charge is -1.87. The largest absolute Gasteiger partial charge is 0.433 e. The zero-order valence-electron chi connectivity index (χ0n) is 3.65. The molecule has 0 saturated carbocycles. The Morgan fingerprint density at radius 1 is 1.86 bits per heavy atom. The maximum Gasteiger partial charge on any atom is 0.287 e. The quantitative estimate of drug-likeness (QED) is 0.466. The van der Waals surface area contributed by atoms with E-state index in [2.05, 4.69) is 16.3 Å².